The quantitative estimate of drug-likeness (QED) is 0.565. The molecule has 20 heavy (non-hydrogen) atoms. The average molecular weight is 341 g/mol. The molecule has 0 heterocycles. The van der Waals surface area contributed by atoms with Gasteiger partial charge in [0, 0.05) is 0 Å². The zero-order chi connectivity index (χ0) is 15.1. The summed E-state index contributed by atoms with van der Waals surface area (Å²) in [5, 5.41) is 0. The molecule has 1 rings (SSSR count). The predicted octanol–water partition coefficient (Wildman–Crippen LogP) is 2.75. The summed E-state index contributed by atoms with van der Waals surface area (Å²) < 4.78 is 16.0. The Bertz CT molecular complexity index is 507. The number of Topliss-reactive ketones (excluding diaryl/α,β-unsaturated/α-hetero) is 1. The molecule has 2 unspecified atom stereocenters. The summed E-state index contributed by atoms with van der Waals surface area (Å²) in [5.74, 6) is 3.55. The molecule has 0 spiro atoms. The van der Waals surface area contributed by atoms with E-state index in [1.165, 1.54) is 6.92 Å². The molecule has 0 aliphatic heterocycles. The molecule has 0 saturated heterocycles. The number of ether oxygens (including phenoxy) is 3. The van der Waals surface area contributed by atoms with Gasteiger partial charge in [0.25, 0.3) is 0 Å². The molecule has 0 aliphatic carbocycles. The number of ketones is 1. The van der Waals surface area contributed by atoms with E-state index >= 15 is 0 Å². The van der Waals surface area contributed by atoms with Gasteiger partial charge in [-0.05, 0) is 24.6 Å². The minimum Gasteiger partial charge on any atom is -0.493 e. The predicted molar refractivity (Wildman–Crippen MR) is 80.5 cm³/mol. The van der Waals surface area contributed by atoms with E-state index in [1.54, 1.807) is 26.4 Å². The molecule has 4 nitrogen and oxygen atoms in total. The second-order valence-corrected chi connectivity index (χ2v) is 5.05. The van der Waals surface area contributed by atoms with Gasteiger partial charge in [-0.15, -0.1) is 6.42 Å². The second-order valence-electron chi connectivity index (χ2n) is 4.06. The molecule has 0 amide bonds. The molecule has 0 aliphatic rings. The van der Waals surface area contributed by atoms with Crippen molar-refractivity contribution in [1.29, 1.82) is 0 Å². The minimum atomic E-state index is -0.483. The molecule has 0 fully saturated rings. The lowest BCUT2D eigenvalue weighted by molar-refractivity contribution is -0.118. The Balaban J connectivity index is 3.13. The van der Waals surface area contributed by atoms with Crippen LogP contribution in [-0.4, -0.2) is 31.4 Å². The summed E-state index contributed by atoms with van der Waals surface area (Å²) in [6.45, 7) is 1.61. The van der Waals surface area contributed by atoms with Gasteiger partial charge in [0.2, 0.25) is 0 Å². The summed E-state index contributed by atoms with van der Waals surface area (Å²) in [6, 6.07) is 5.36. The van der Waals surface area contributed by atoms with Crippen molar-refractivity contribution in [2.75, 3.05) is 20.8 Å². The lowest BCUT2D eigenvalue weighted by Crippen LogP contribution is -2.23. The first-order valence-electron chi connectivity index (χ1n) is 5.96. The van der Waals surface area contributed by atoms with E-state index in [2.05, 4.69) is 21.9 Å². The van der Waals surface area contributed by atoms with Gasteiger partial charge >= 0.3 is 0 Å². The van der Waals surface area contributed by atoms with Gasteiger partial charge in [-0.1, -0.05) is 27.9 Å². The highest BCUT2D eigenvalue weighted by molar-refractivity contribution is 9.10. The summed E-state index contributed by atoms with van der Waals surface area (Å²) in [5.41, 5.74) is 0.787. The smallest absolute Gasteiger partial charge is 0.161 e. The van der Waals surface area contributed by atoms with Crippen LogP contribution in [0.2, 0.25) is 0 Å². The van der Waals surface area contributed by atoms with E-state index in [0.29, 0.717) is 11.5 Å². The van der Waals surface area contributed by atoms with Gasteiger partial charge in [0.05, 0.1) is 14.2 Å². The number of halogens is 1. The van der Waals surface area contributed by atoms with Crippen molar-refractivity contribution >= 4 is 21.7 Å². The van der Waals surface area contributed by atoms with E-state index in [1.807, 2.05) is 6.07 Å². The maximum atomic E-state index is 11.6. The van der Waals surface area contributed by atoms with Crippen molar-refractivity contribution in [3.8, 4) is 23.8 Å². The molecule has 0 N–H and O–H groups in total. The first-order valence-corrected chi connectivity index (χ1v) is 6.88. The number of benzene rings is 1. The van der Waals surface area contributed by atoms with E-state index in [-0.39, 0.29) is 12.4 Å². The maximum absolute atomic E-state index is 11.6. The zero-order valence-corrected chi connectivity index (χ0v) is 13.3. The number of terminal acetylenes is 1. The monoisotopic (exact) mass is 340 g/mol. The number of alkyl halides is 1. The number of rotatable bonds is 7. The van der Waals surface area contributed by atoms with Crippen molar-refractivity contribution in [2.45, 2.75) is 17.9 Å². The van der Waals surface area contributed by atoms with Crippen LogP contribution in [0.1, 0.15) is 18.6 Å². The lowest BCUT2D eigenvalue weighted by atomic mass is 10.0. The van der Waals surface area contributed by atoms with Gasteiger partial charge in [-0.3, -0.25) is 4.79 Å². The van der Waals surface area contributed by atoms with Gasteiger partial charge in [-0.2, -0.15) is 0 Å². The van der Waals surface area contributed by atoms with Crippen LogP contribution in [0, 0.1) is 12.3 Å². The Morgan fingerprint density at radius 1 is 1.35 bits per heavy atom. The molecule has 2 atom stereocenters. The SMILES string of the molecule is C#CCOC(c1ccc(OC)c(OC)c1)C(Br)C(C)=O. The van der Waals surface area contributed by atoms with Crippen LogP contribution in [0.25, 0.3) is 0 Å². The zero-order valence-electron chi connectivity index (χ0n) is 11.7. The van der Waals surface area contributed by atoms with Gasteiger partial charge in [0.1, 0.15) is 23.3 Å². The van der Waals surface area contributed by atoms with Crippen molar-refractivity contribution in [3.63, 3.8) is 0 Å². The normalized spacial score (nSPS) is 13.2. The minimum absolute atomic E-state index is 0.0400. The number of carbonyl (C=O) groups excluding carboxylic acids is 1. The van der Waals surface area contributed by atoms with E-state index < -0.39 is 10.9 Å². The lowest BCUT2D eigenvalue weighted by Gasteiger charge is -2.22. The van der Waals surface area contributed by atoms with E-state index in [0.717, 1.165) is 5.56 Å². The third-order valence-electron chi connectivity index (χ3n) is 2.74. The largest absolute Gasteiger partial charge is 0.493 e. The summed E-state index contributed by atoms with van der Waals surface area (Å²) in [7, 11) is 3.11. The summed E-state index contributed by atoms with van der Waals surface area (Å²) >= 11 is 3.34. The number of hydrogen-bond donors (Lipinski definition) is 0. The summed E-state index contributed by atoms with van der Waals surface area (Å²) in [6.07, 6.45) is 4.73. The molecule has 0 aromatic heterocycles. The highest BCUT2D eigenvalue weighted by Crippen LogP contribution is 2.34. The molecule has 1 aromatic rings. The number of hydrogen-bond acceptors (Lipinski definition) is 4. The fourth-order valence-electron chi connectivity index (χ4n) is 1.73. The third-order valence-corrected chi connectivity index (χ3v) is 3.86. The van der Waals surface area contributed by atoms with Gasteiger partial charge in [-0.25, -0.2) is 0 Å². The Kier molecular flexibility index (Phi) is 6.56. The summed E-state index contributed by atoms with van der Waals surface area (Å²) in [4.78, 5) is 11.1. The van der Waals surface area contributed by atoms with Crippen LogP contribution in [0.5, 0.6) is 11.5 Å². The Morgan fingerprint density at radius 2 is 2.00 bits per heavy atom. The third kappa shape index (κ3) is 3.99. The maximum Gasteiger partial charge on any atom is 0.161 e. The van der Waals surface area contributed by atoms with Gasteiger partial charge in [0.15, 0.2) is 11.5 Å². The average Bonchev–Trinajstić information content (AvgIpc) is 2.46. The Labute approximate surface area is 127 Å². The van der Waals surface area contributed by atoms with Crippen molar-refractivity contribution < 1.29 is 19.0 Å². The Morgan fingerprint density at radius 3 is 2.50 bits per heavy atom. The van der Waals surface area contributed by atoms with Crippen molar-refractivity contribution in [1.82, 2.24) is 0 Å². The van der Waals surface area contributed by atoms with Crippen LogP contribution in [0.4, 0.5) is 0 Å². The topological polar surface area (TPSA) is 44.8 Å². The molecule has 108 valence electrons. The molecule has 0 radical (unpaired) electrons. The Hall–Kier alpha value is -1.51. The van der Waals surface area contributed by atoms with Crippen molar-refractivity contribution in [2.24, 2.45) is 0 Å². The first-order chi connectivity index (χ1) is 9.54. The molecular weight excluding hydrogens is 324 g/mol. The second kappa shape index (κ2) is 7.93. The molecule has 1 aromatic carbocycles. The molecule has 0 bridgehead atoms. The van der Waals surface area contributed by atoms with E-state index in [4.69, 9.17) is 20.6 Å². The van der Waals surface area contributed by atoms with E-state index in [9.17, 15) is 4.79 Å². The fourth-order valence-corrected chi connectivity index (χ4v) is 2.19. The molecule has 0 saturated carbocycles. The fraction of sp³-hybridized carbons (Fsp3) is 0.400. The van der Waals surface area contributed by atoms with Crippen LogP contribution in [0.15, 0.2) is 18.2 Å². The highest BCUT2D eigenvalue weighted by Gasteiger charge is 2.26. The van der Waals surface area contributed by atoms with Gasteiger partial charge < -0.3 is 14.2 Å². The molecule has 5 heteroatoms. The van der Waals surface area contributed by atoms with Crippen LogP contribution >= 0.6 is 15.9 Å². The van der Waals surface area contributed by atoms with Crippen molar-refractivity contribution in [3.05, 3.63) is 23.8 Å². The standard InChI is InChI=1S/C15H17BrO4/c1-5-8-20-15(14(16)10(2)17)11-6-7-12(18-3)13(9-11)19-4/h1,6-7,9,14-15H,8H2,2-4H3. The molecular formula is C15H17BrO4. The number of carbonyl (C=O) groups is 1. The first kappa shape index (κ1) is 16.5. The highest BCUT2D eigenvalue weighted by atomic mass is 79.9. The van der Waals surface area contributed by atoms with Crippen LogP contribution < -0.4 is 9.47 Å². The van der Waals surface area contributed by atoms with Crippen LogP contribution in [0.3, 0.4) is 0 Å². The number of methoxy groups -OCH3 is 2. The van der Waals surface area contributed by atoms with Crippen LogP contribution in [-0.2, 0) is 9.53 Å².